The number of aliphatic hydroxyl groups excluding tert-OH is 1. The first kappa shape index (κ1) is 17.8. The van der Waals surface area contributed by atoms with Crippen LogP contribution in [0.25, 0.3) is 0 Å². The van der Waals surface area contributed by atoms with Crippen LogP contribution < -0.4 is 15.4 Å². The number of hydrogen-bond donors (Lipinski definition) is 3. The number of urea groups is 1. The molecule has 2 rings (SSSR count). The van der Waals surface area contributed by atoms with Gasteiger partial charge in [0.05, 0.1) is 19.8 Å². The van der Waals surface area contributed by atoms with Gasteiger partial charge in [0.1, 0.15) is 5.75 Å². The Morgan fingerprint density at radius 3 is 2.62 bits per heavy atom. The molecule has 0 spiro atoms. The van der Waals surface area contributed by atoms with Crippen LogP contribution in [0.5, 0.6) is 5.75 Å². The van der Waals surface area contributed by atoms with Gasteiger partial charge in [0.15, 0.2) is 0 Å². The van der Waals surface area contributed by atoms with Crippen molar-refractivity contribution >= 4 is 6.03 Å². The number of methoxy groups -OCH3 is 1. The molecule has 128 valence electrons. The normalized spacial score (nSPS) is 11.6. The summed E-state index contributed by atoms with van der Waals surface area (Å²) in [5.74, 6) is 0.848. The maximum atomic E-state index is 12.0. The van der Waals surface area contributed by atoms with Crippen molar-refractivity contribution in [2.45, 2.75) is 19.4 Å². The lowest BCUT2D eigenvalue weighted by Crippen LogP contribution is -2.40. The summed E-state index contributed by atoms with van der Waals surface area (Å²) in [5, 5.41) is 15.1. The van der Waals surface area contributed by atoms with Crippen molar-refractivity contribution in [2.75, 3.05) is 20.3 Å². The van der Waals surface area contributed by atoms with Crippen molar-refractivity contribution in [1.82, 2.24) is 10.6 Å². The number of aliphatic hydroxyl groups is 1. The third kappa shape index (κ3) is 4.99. The lowest BCUT2D eigenvalue weighted by Gasteiger charge is -2.17. The van der Waals surface area contributed by atoms with Crippen LogP contribution in [0.2, 0.25) is 0 Å². The number of nitrogens with one attached hydrogen (secondary N) is 2. The second kappa shape index (κ2) is 8.93. The molecule has 0 aliphatic rings. The van der Waals surface area contributed by atoms with Crippen LogP contribution >= 0.6 is 0 Å². The predicted molar refractivity (Wildman–Crippen MR) is 94.2 cm³/mol. The van der Waals surface area contributed by atoms with Crippen molar-refractivity contribution in [1.29, 1.82) is 0 Å². The van der Waals surface area contributed by atoms with Crippen molar-refractivity contribution in [3.63, 3.8) is 0 Å². The molecule has 0 saturated heterocycles. The summed E-state index contributed by atoms with van der Waals surface area (Å²) in [6.07, 6.45) is 0.708. The molecule has 0 aromatic heterocycles. The van der Waals surface area contributed by atoms with Crippen molar-refractivity contribution in [3.05, 3.63) is 65.2 Å². The number of carbonyl (C=O) groups excluding carboxylic acids is 1. The quantitative estimate of drug-likeness (QED) is 0.731. The summed E-state index contributed by atoms with van der Waals surface area (Å²) in [7, 11) is 1.65. The van der Waals surface area contributed by atoms with E-state index in [0.29, 0.717) is 13.0 Å². The molecule has 0 fully saturated rings. The molecule has 0 aliphatic heterocycles. The summed E-state index contributed by atoms with van der Waals surface area (Å²) in [5.41, 5.74) is 3.05. The first-order valence-corrected chi connectivity index (χ1v) is 7.97. The van der Waals surface area contributed by atoms with Crippen LogP contribution in [0.4, 0.5) is 4.79 Å². The minimum absolute atomic E-state index is 0.146. The third-order valence-electron chi connectivity index (χ3n) is 3.86. The fourth-order valence-electron chi connectivity index (χ4n) is 2.47. The molecule has 1 atom stereocenters. The Morgan fingerprint density at radius 2 is 1.96 bits per heavy atom. The molecular formula is C19H24N2O3. The Hall–Kier alpha value is -2.53. The Bertz CT molecular complexity index is 659. The van der Waals surface area contributed by atoms with Gasteiger partial charge < -0.3 is 20.5 Å². The minimum Gasteiger partial charge on any atom is -0.496 e. The zero-order valence-corrected chi connectivity index (χ0v) is 14.1. The highest BCUT2D eigenvalue weighted by molar-refractivity contribution is 5.74. The van der Waals surface area contributed by atoms with Gasteiger partial charge in [-0.3, -0.25) is 0 Å². The van der Waals surface area contributed by atoms with Crippen LogP contribution in [0.15, 0.2) is 48.5 Å². The fourth-order valence-corrected chi connectivity index (χ4v) is 2.47. The van der Waals surface area contributed by atoms with E-state index in [0.717, 1.165) is 22.4 Å². The minimum atomic E-state index is -0.411. The second-order valence-electron chi connectivity index (χ2n) is 5.60. The van der Waals surface area contributed by atoms with Gasteiger partial charge in [-0.2, -0.15) is 0 Å². The second-order valence-corrected chi connectivity index (χ2v) is 5.60. The highest BCUT2D eigenvalue weighted by Gasteiger charge is 2.12. The van der Waals surface area contributed by atoms with Gasteiger partial charge >= 0.3 is 6.03 Å². The van der Waals surface area contributed by atoms with Gasteiger partial charge in [0, 0.05) is 6.54 Å². The maximum Gasteiger partial charge on any atom is 0.315 e. The van der Waals surface area contributed by atoms with Gasteiger partial charge in [0.2, 0.25) is 0 Å². The van der Waals surface area contributed by atoms with Crippen LogP contribution in [0.3, 0.4) is 0 Å². The fraction of sp³-hybridized carbons (Fsp3) is 0.316. The molecule has 2 aromatic rings. The van der Waals surface area contributed by atoms with Crippen molar-refractivity contribution in [2.24, 2.45) is 0 Å². The Kier molecular flexibility index (Phi) is 6.63. The van der Waals surface area contributed by atoms with Crippen molar-refractivity contribution in [3.8, 4) is 5.75 Å². The zero-order chi connectivity index (χ0) is 17.4. The van der Waals surface area contributed by atoms with E-state index in [2.05, 4.69) is 10.6 Å². The molecule has 0 saturated carbocycles. The van der Waals surface area contributed by atoms with E-state index in [1.54, 1.807) is 7.11 Å². The number of carbonyl (C=O) groups is 1. The molecule has 0 radical (unpaired) electrons. The molecule has 2 aromatic carbocycles. The van der Waals surface area contributed by atoms with Crippen LogP contribution in [-0.2, 0) is 6.42 Å². The molecule has 5 nitrogen and oxygen atoms in total. The van der Waals surface area contributed by atoms with Gasteiger partial charge in [0.25, 0.3) is 0 Å². The molecule has 3 N–H and O–H groups in total. The van der Waals surface area contributed by atoms with E-state index >= 15 is 0 Å². The summed E-state index contributed by atoms with van der Waals surface area (Å²) >= 11 is 0. The maximum absolute atomic E-state index is 12.0. The summed E-state index contributed by atoms with van der Waals surface area (Å²) in [4.78, 5) is 12.0. The van der Waals surface area contributed by atoms with E-state index in [1.807, 2.05) is 55.5 Å². The van der Waals surface area contributed by atoms with Crippen LogP contribution in [0, 0.1) is 6.92 Å². The predicted octanol–water partition coefficient (Wildman–Crippen LogP) is 2.58. The Balaban J connectivity index is 1.82. The molecule has 1 unspecified atom stereocenters. The molecule has 0 heterocycles. The smallest absolute Gasteiger partial charge is 0.315 e. The monoisotopic (exact) mass is 328 g/mol. The average molecular weight is 328 g/mol. The summed E-state index contributed by atoms with van der Waals surface area (Å²) in [6, 6.07) is 14.7. The summed E-state index contributed by atoms with van der Waals surface area (Å²) < 4.78 is 5.30. The van der Waals surface area contributed by atoms with Gasteiger partial charge in [-0.15, -0.1) is 0 Å². The molecule has 24 heavy (non-hydrogen) atoms. The van der Waals surface area contributed by atoms with Crippen LogP contribution in [0.1, 0.15) is 22.7 Å². The third-order valence-corrected chi connectivity index (χ3v) is 3.86. The highest BCUT2D eigenvalue weighted by atomic mass is 16.5. The standard InChI is InChI=1S/C19H24N2O3/c1-14-8-9-15(12-18(14)24-2)10-11-20-19(23)21-17(13-22)16-6-4-3-5-7-16/h3-9,12,17,22H,10-11,13H2,1-2H3,(H2,20,21,23). The molecule has 0 aliphatic carbocycles. The highest BCUT2D eigenvalue weighted by Crippen LogP contribution is 2.19. The Labute approximate surface area is 142 Å². The Morgan fingerprint density at radius 1 is 1.21 bits per heavy atom. The first-order valence-electron chi connectivity index (χ1n) is 7.97. The SMILES string of the molecule is COc1cc(CCNC(=O)NC(CO)c2ccccc2)ccc1C. The van der Waals surface area contributed by atoms with E-state index in [1.165, 1.54) is 0 Å². The number of aryl methyl sites for hydroxylation is 1. The van der Waals surface area contributed by atoms with Gasteiger partial charge in [-0.05, 0) is 36.1 Å². The van der Waals surface area contributed by atoms with E-state index < -0.39 is 6.04 Å². The van der Waals surface area contributed by atoms with Gasteiger partial charge in [-0.1, -0.05) is 42.5 Å². The van der Waals surface area contributed by atoms with Gasteiger partial charge in [-0.25, -0.2) is 4.79 Å². The van der Waals surface area contributed by atoms with Crippen molar-refractivity contribution < 1.29 is 14.6 Å². The number of hydrogen-bond acceptors (Lipinski definition) is 3. The lowest BCUT2D eigenvalue weighted by atomic mass is 10.1. The molecular weight excluding hydrogens is 304 g/mol. The topological polar surface area (TPSA) is 70.6 Å². The number of benzene rings is 2. The van der Waals surface area contributed by atoms with E-state index in [-0.39, 0.29) is 12.6 Å². The zero-order valence-electron chi connectivity index (χ0n) is 14.1. The van der Waals surface area contributed by atoms with Crippen LogP contribution in [-0.4, -0.2) is 31.4 Å². The molecule has 5 heteroatoms. The average Bonchev–Trinajstić information content (AvgIpc) is 2.61. The largest absolute Gasteiger partial charge is 0.496 e. The summed E-state index contributed by atoms with van der Waals surface area (Å²) in [6.45, 7) is 2.35. The first-order chi connectivity index (χ1) is 11.6. The number of rotatable bonds is 7. The lowest BCUT2D eigenvalue weighted by molar-refractivity contribution is 0.217. The van der Waals surface area contributed by atoms with E-state index in [9.17, 15) is 9.90 Å². The number of amides is 2. The number of ether oxygens (including phenoxy) is 1. The molecule has 2 amide bonds. The molecule has 0 bridgehead atoms. The van der Waals surface area contributed by atoms with E-state index in [4.69, 9.17) is 4.74 Å².